The van der Waals surface area contributed by atoms with Crippen molar-refractivity contribution in [3.05, 3.63) is 22.8 Å². The maximum Gasteiger partial charge on any atom is 0.221 e. The van der Waals surface area contributed by atoms with Crippen LogP contribution in [0.2, 0.25) is 0 Å². The molecule has 1 rings (SSSR count). The molecule has 0 radical (unpaired) electrons. The van der Waals surface area contributed by atoms with Crippen LogP contribution in [0.3, 0.4) is 0 Å². The van der Waals surface area contributed by atoms with Crippen molar-refractivity contribution in [1.82, 2.24) is 0 Å². The Bertz CT molecular complexity index is 475. The molecule has 1 unspecified atom stereocenters. The van der Waals surface area contributed by atoms with Crippen LogP contribution in [0, 0.1) is 20.8 Å². The molecule has 0 aromatic heterocycles. The molecule has 1 aromatic carbocycles. The fraction of sp³-hybridized carbons (Fsp3) is 0.500. The quantitative estimate of drug-likeness (QED) is 0.728. The number of hydrogen-bond donors (Lipinski definition) is 3. The predicted molar refractivity (Wildman–Crippen MR) is 80.2 cm³/mol. The first-order chi connectivity index (χ1) is 8.86. The van der Waals surface area contributed by atoms with Crippen LogP contribution in [0.5, 0.6) is 0 Å². The largest absolute Gasteiger partial charge is 0.390 e. The average molecular weight is 285 g/mol. The fourth-order valence-electron chi connectivity index (χ4n) is 2.10. The summed E-state index contributed by atoms with van der Waals surface area (Å²) in [7, 11) is 0. The first kappa shape index (κ1) is 15.8. The Morgan fingerprint density at radius 3 is 2.42 bits per heavy atom. The first-order valence-electron chi connectivity index (χ1n) is 6.23. The van der Waals surface area contributed by atoms with Gasteiger partial charge in [-0.3, -0.25) is 4.79 Å². The van der Waals surface area contributed by atoms with Crippen LogP contribution in [-0.2, 0) is 4.79 Å². The molecule has 1 atom stereocenters. The lowest BCUT2D eigenvalue weighted by atomic mass is 10.0. The fourth-order valence-corrected chi connectivity index (χ4v) is 2.21. The van der Waals surface area contributed by atoms with Gasteiger partial charge in [-0.2, -0.15) is 0 Å². The topological polar surface area (TPSA) is 61.4 Å². The average Bonchev–Trinajstić information content (AvgIpc) is 2.33. The van der Waals surface area contributed by atoms with Crippen molar-refractivity contribution in [3.8, 4) is 0 Å². The Labute approximate surface area is 119 Å². The van der Waals surface area contributed by atoms with Gasteiger partial charge < -0.3 is 15.7 Å². The van der Waals surface area contributed by atoms with E-state index in [1.54, 1.807) is 0 Å². The van der Waals surface area contributed by atoms with E-state index in [4.69, 9.17) is 11.6 Å². The monoisotopic (exact) mass is 284 g/mol. The molecule has 3 N–H and O–H groups in total. The van der Waals surface area contributed by atoms with E-state index in [1.165, 1.54) is 6.92 Å². The SMILES string of the molecule is CC(=O)Nc1c(C)cc(C)c(NCC(O)CCl)c1C. The second-order valence-corrected chi connectivity index (χ2v) is 5.06. The van der Waals surface area contributed by atoms with Gasteiger partial charge in [0.1, 0.15) is 0 Å². The number of halogens is 1. The minimum absolute atomic E-state index is 0.0956. The van der Waals surface area contributed by atoms with Gasteiger partial charge in [-0.05, 0) is 37.5 Å². The molecule has 5 heteroatoms. The van der Waals surface area contributed by atoms with Crippen molar-refractivity contribution in [2.24, 2.45) is 0 Å². The normalized spacial score (nSPS) is 12.1. The Balaban J connectivity index is 3.06. The summed E-state index contributed by atoms with van der Waals surface area (Å²) in [6, 6.07) is 2.01. The molecule has 1 aromatic rings. The molecule has 19 heavy (non-hydrogen) atoms. The maximum absolute atomic E-state index is 11.2. The van der Waals surface area contributed by atoms with Crippen molar-refractivity contribution < 1.29 is 9.90 Å². The number of anilines is 2. The van der Waals surface area contributed by atoms with E-state index in [0.717, 1.165) is 28.1 Å². The molecule has 0 spiro atoms. The minimum Gasteiger partial charge on any atom is -0.390 e. The Morgan fingerprint density at radius 2 is 1.89 bits per heavy atom. The lowest BCUT2D eigenvalue weighted by molar-refractivity contribution is -0.114. The lowest BCUT2D eigenvalue weighted by Gasteiger charge is -2.19. The maximum atomic E-state index is 11.2. The molecule has 4 nitrogen and oxygen atoms in total. The van der Waals surface area contributed by atoms with Crippen molar-refractivity contribution >= 4 is 28.9 Å². The number of rotatable bonds is 5. The molecule has 0 aliphatic heterocycles. The number of aliphatic hydroxyl groups is 1. The summed E-state index contributed by atoms with van der Waals surface area (Å²) < 4.78 is 0. The third kappa shape index (κ3) is 4.11. The summed E-state index contributed by atoms with van der Waals surface area (Å²) in [6.45, 7) is 7.77. The van der Waals surface area contributed by atoms with Crippen molar-refractivity contribution in [1.29, 1.82) is 0 Å². The lowest BCUT2D eigenvalue weighted by Crippen LogP contribution is -2.22. The van der Waals surface area contributed by atoms with Crippen molar-refractivity contribution in [2.45, 2.75) is 33.8 Å². The molecule has 1 amide bonds. The third-order valence-corrected chi connectivity index (χ3v) is 3.32. The number of amides is 1. The highest BCUT2D eigenvalue weighted by atomic mass is 35.5. The zero-order valence-electron chi connectivity index (χ0n) is 11.8. The molecule has 0 fully saturated rings. The van der Waals surface area contributed by atoms with Gasteiger partial charge in [-0.25, -0.2) is 0 Å². The zero-order valence-corrected chi connectivity index (χ0v) is 12.6. The van der Waals surface area contributed by atoms with E-state index in [2.05, 4.69) is 10.6 Å². The molecule has 0 bridgehead atoms. The van der Waals surface area contributed by atoms with Gasteiger partial charge in [0, 0.05) is 24.8 Å². The molecule has 0 saturated carbocycles. The van der Waals surface area contributed by atoms with Gasteiger partial charge in [0.15, 0.2) is 0 Å². The summed E-state index contributed by atoms with van der Waals surface area (Å²) in [5, 5.41) is 15.5. The van der Waals surface area contributed by atoms with Crippen LogP contribution in [0.15, 0.2) is 6.07 Å². The standard InChI is InChI=1S/C14H21ClN2O2/c1-8-5-9(2)14(17-11(4)18)10(3)13(8)16-7-12(19)6-15/h5,12,16,19H,6-7H2,1-4H3,(H,17,18). The Morgan fingerprint density at radius 1 is 1.32 bits per heavy atom. The highest BCUT2D eigenvalue weighted by Crippen LogP contribution is 2.30. The van der Waals surface area contributed by atoms with Crippen LogP contribution in [0.1, 0.15) is 23.6 Å². The zero-order chi connectivity index (χ0) is 14.6. The molecular formula is C14H21ClN2O2. The van der Waals surface area contributed by atoms with Crippen LogP contribution in [-0.4, -0.2) is 29.5 Å². The van der Waals surface area contributed by atoms with Crippen molar-refractivity contribution in [2.75, 3.05) is 23.1 Å². The van der Waals surface area contributed by atoms with E-state index < -0.39 is 6.10 Å². The number of alkyl halides is 1. The Hall–Kier alpha value is -1.26. The van der Waals surface area contributed by atoms with Crippen LogP contribution in [0.25, 0.3) is 0 Å². The third-order valence-electron chi connectivity index (χ3n) is 2.97. The highest BCUT2D eigenvalue weighted by Gasteiger charge is 2.12. The predicted octanol–water partition coefficient (Wildman–Crippen LogP) is 2.58. The minimum atomic E-state index is -0.592. The highest BCUT2D eigenvalue weighted by molar-refractivity contribution is 6.18. The number of benzene rings is 1. The number of nitrogens with one attached hydrogen (secondary N) is 2. The summed E-state index contributed by atoms with van der Waals surface area (Å²) in [5.74, 6) is 0.0944. The number of hydrogen-bond acceptors (Lipinski definition) is 3. The van der Waals surface area contributed by atoms with E-state index in [1.807, 2.05) is 26.8 Å². The smallest absolute Gasteiger partial charge is 0.221 e. The molecule has 0 aliphatic rings. The van der Waals surface area contributed by atoms with E-state index in [0.29, 0.717) is 6.54 Å². The molecule has 0 heterocycles. The molecule has 0 aliphatic carbocycles. The van der Waals surface area contributed by atoms with Crippen LogP contribution >= 0.6 is 11.6 Å². The number of aryl methyl sites for hydroxylation is 2. The van der Waals surface area contributed by atoms with E-state index in [-0.39, 0.29) is 11.8 Å². The van der Waals surface area contributed by atoms with Crippen molar-refractivity contribution in [3.63, 3.8) is 0 Å². The number of carbonyl (C=O) groups is 1. The number of carbonyl (C=O) groups excluding carboxylic acids is 1. The molecule has 0 saturated heterocycles. The second-order valence-electron chi connectivity index (χ2n) is 4.76. The van der Waals surface area contributed by atoms with Gasteiger partial charge in [-0.15, -0.1) is 11.6 Å². The van der Waals surface area contributed by atoms with Gasteiger partial charge >= 0.3 is 0 Å². The first-order valence-corrected chi connectivity index (χ1v) is 6.76. The molecule has 106 valence electrons. The van der Waals surface area contributed by atoms with Gasteiger partial charge in [0.05, 0.1) is 12.0 Å². The van der Waals surface area contributed by atoms with Gasteiger partial charge in [0.25, 0.3) is 0 Å². The van der Waals surface area contributed by atoms with Gasteiger partial charge in [-0.1, -0.05) is 6.07 Å². The second kappa shape index (κ2) is 6.78. The van der Waals surface area contributed by atoms with Gasteiger partial charge in [0.2, 0.25) is 5.91 Å². The van der Waals surface area contributed by atoms with Crippen LogP contribution < -0.4 is 10.6 Å². The summed E-state index contributed by atoms with van der Waals surface area (Å²) in [4.78, 5) is 11.2. The number of aliphatic hydroxyl groups excluding tert-OH is 1. The summed E-state index contributed by atoms with van der Waals surface area (Å²) >= 11 is 5.58. The Kier molecular flexibility index (Phi) is 5.63. The van der Waals surface area contributed by atoms with E-state index in [9.17, 15) is 9.90 Å². The summed E-state index contributed by atoms with van der Waals surface area (Å²) in [6.07, 6.45) is -0.592. The van der Waals surface area contributed by atoms with E-state index >= 15 is 0 Å². The molecular weight excluding hydrogens is 264 g/mol. The van der Waals surface area contributed by atoms with Crippen LogP contribution in [0.4, 0.5) is 11.4 Å². The summed E-state index contributed by atoms with van der Waals surface area (Å²) in [5.41, 5.74) is 4.81.